The van der Waals surface area contributed by atoms with Crippen molar-refractivity contribution in [2.45, 2.75) is 13.0 Å². The van der Waals surface area contributed by atoms with Crippen molar-refractivity contribution in [2.75, 3.05) is 0 Å². The molecule has 114 valence electrons. The third-order valence-corrected chi connectivity index (χ3v) is 4.28. The fourth-order valence-corrected chi connectivity index (χ4v) is 3.22. The highest BCUT2D eigenvalue weighted by atomic mass is 32.2. The monoisotopic (exact) mass is 338 g/mol. The Morgan fingerprint density at radius 1 is 1.55 bits per heavy atom. The van der Waals surface area contributed by atoms with E-state index in [1.165, 1.54) is 31.2 Å². The van der Waals surface area contributed by atoms with E-state index < -0.39 is 22.8 Å². The third kappa shape index (κ3) is 3.15. The minimum absolute atomic E-state index is 0.0943. The number of thiocarbonyl (C=S) groups is 1. The number of carboxylic acid groups (broad SMARTS) is 1. The Hall–Kier alpha value is -2.26. The highest BCUT2D eigenvalue weighted by Crippen LogP contribution is 2.34. The smallest absolute Gasteiger partial charge is 0.326 e. The number of carboxylic acids is 1. The Morgan fingerprint density at radius 2 is 2.23 bits per heavy atom. The molecule has 0 aromatic heterocycles. The lowest BCUT2D eigenvalue weighted by atomic mass is 10.2. The molecule has 0 radical (unpaired) electrons. The number of rotatable bonds is 4. The van der Waals surface area contributed by atoms with E-state index >= 15 is 0 Å². The molecule has 1 aliphatic heterocycles. The van der Waals surface area contributed by atoms with Gasteiger partial charge in [0.05, 0.1) is 9.83 Å². The Bertz CT molecular complexity index is 716. The Labute approximate surface area is 134 Å². The molecule has 0 saturated carbocycles. The summed E-state index contributed by atoms with van der Waals surface area (Å²) in [5.74, 6) is -1.68. The van der Waals surface area contributed by atoms with Gasteiger partial charge in [-0.05, 0) is 18.6 Å². The first kappa shape index (κ1) is 16.1. The van der Waals surface area contributed by atoms with Crippen molar-refractivity contribution < 1.29 is 19.6 Å². The molecule has 1 heterocycles. The quantitative estimate of drug-likeness (QED) is 0.389. The first-order valence-corrected chi connectivity index (χ1v) is 7.28. The number of carbonyl (C=O) groups excluding carboxylic acids is 1. The van der Waals surface area contributed by atoms with E-state index in [-0.39, 0.29) is 14.9 Å². The molecule has 7 nitrogen and oxygen atoms in total. The van der Waals surface area contributed by atoms with E-state index in [1.807, 2.05) is 0 Å². The summed E-state index contributed by atoms with van der Waals surface area (Å²) in [5, 5.41) is 19.7. The number of thioether (sulfide) groups is 1. The van der Waals surface area contributed by atoms with Crippen LogP contribution in [0.2, 0.25) is 0 Å². The van der Waals surface area contributed by atoms with Crippen LogP contribution in [0.1, 0.15) is 12.5 Å². The molecule has 22 heavy (non-hydrogen) atoms. The largest absolute Gasteiger partial charge is 0.480 e. The van der Waals surface area contributed by atoms with Crippen LogP contribution in [0.25, 0.3) is 6.08 Å². The summed E-state index contributed by atoms with van der Waals surface area (Å²) in [6.07, 6.45) is 1.46. The van der Waals surface area contributed by atoms with Gasteiger partial charge in [-0.1, -0.05) is 36.1 Å². The van der Waals surface area contributed by atoms with E-state index in [0.717, 1.165) is 16.7 Å². The summed E-state index contributed by atoms with van der Waals surface area (Å²) >= 11 is 6.00. The fraction of sp³-hybridized carbons (Fsp3) is 0.154. The zero-order valence-corrected chi connectivity index (χ0v) is 12.9. The number of amides is 1. The molecular weight excluding hydrogens is 328 g/mol. The molecule has 1 fully saturated rings. The molecule has 0 aliphatic carbocycles. The molecule has 9 heteroatoms. The van der Waals surface area contributed by atoms with Gasteiger partial charge < -0.3 is 5.11 Å². The number of non-ortho nitro benzene ring substituents is 1. The molecule has 1 atom stereocenters. The Balaban J connectivity index is 2.32. The average molecular weight is 338 g/mol. The average Bonchev–Trinajstić information content (AvgIpc) is 2.73. The van der Waals surface area contributed by atoms with Gasteiger partial charge in [-0.3, -0.25) is 19.8 Å². The molecule has 1 amide bonds. The number of hydrogen-bond acceptors (Lipinski definition) is 6. The normalized spacial score (nSPS) is 17.9. The van der Waals surface area contributed by atoms with Crippen molar-refractivity contribution in [2.24, 2.45) is 0 Å². The van der Waals surface area contributed by atoms with E-state index in [9.17, 15) is 19.7 Å². The van der Waals surface area contributed by atoms with Crippen LogP contribution in [-0.4, -0.2) is 37.2 Å². The summed E-state index contributed by atoms with van der Waals surface area (Å²) in [6, 6.07) is 4.72. The number of hydrogen-bond donors (Lipinski definition) is 1. The molecular formula is C13H10N2O5S2. The molecule has 1 aromatic rings. The van der Waals surface area contributed by atoms with Crippen LogP contribution in [0.5, 0.6) is 0 Å². The van der Waals surface area contributed by atoms with Gasteiger partial charge in [0.25, 0.3) is 11.6 Å². The summed E-state index contributed by atoms with van der Waals surface area (Å²) < 4.78 is 0.150. The lowest BCUT2D eigenvalue weighted by Crippen LogP contribution is -2.41. The molecule has 1 N–H and O–H groups in total. The molecule has 0 unspecified atom stereocenters. The zero-order chi connectivity index (χ0) is 16.4. The third-order valence-electron chi connectivity index (χ3n) is 2.95. The van der Waals surface area contributed by atoms with Crippen molar-refractivity contribution >= 4 is 51.9 Å². The van der Waals surface area contributed by atoms with Gasteiger partial charge in [0, 0.05) is 12.1 Å². The minimum atomic E-state index is -1.16. The van der Waals surface area contributed by atoms with Crippen molar-refractivity contribution in [3.8, 4) is 0 Å². The lowest BCUT2D eigenvalue weighted by Gasteiger charge is -2.18. The maximum atomic E-state index is 12.2. The topological polar surface area (TPSA) is 101 Å². The Morgan fingerprint density at radius 3 is 2.82 bits per heavy atom. The van der Waals surface area contributed by atoms with Crippen LogP contribution < -0.4 is 0 Å². The number of aliphatic carboxylic acids is 1. The second kappa shape index (κ2) is 6.24. The molecule has 0 spiro atoms. The Kier molecular flexibility index (Phi) is 4.57. The van der Waals surface area contributed by atoms with E-state index in [2.05, 4.69) is 0 Å². The number of nitro benzene ring substituents is 1. The van der Waals surface area contributed by atoms with Crippen LogP contribution in [0, 0.1) is 10.1 Å². The SMILES string of the molecule is C[C@@H](C(=O)O)N1C(=O)/C(=C\c2cccc([N+](=O)[O-])c2)SC1=S. The fourth-order valence-electron chi connectivity index (χ4n) is 1.80. The molecule has 1 saturated heterocycles. The summed E-state index contributed by atoms with van der Waals surface area (Å²) in [4.78, 5) is 34.7. The number of carbonyl (C=O) groups is 2. The van der Waals surface area contributed by atoms with Crippen LogP contribution in [-0.2, 0) is 9.59 Å². The van der Waals surface area contributed by atoms with Gasteiger partial charge >= 0.3 is 5.97 Å². The number of nitrogens with zero attached hydrogens (tertiary/aromatic N) is 2. The maximum Gasteiger partial charge on any atom is 0.326 e. The van der Waals surface area contributed by atoms with Gasteiger partial charge in [0.15, 0.2) is 0 Å². The second-order valence-corrected chi connectivity index (χ2v) is 6.09. The predicted octanol–water partition coefficient (Wildman–Crippen LogP) is 2.27. The standard InChI is InChI=1S/C13H10N2O5S2/c1-7(12(17)18)14-11(16)10(22-13(14)21)6-8-3-2-4-9(5-8)15(19)20/h2-7H,1H3,(H,17,18)/b10-6+/t7-/m0/s1. The summed E-state index contributed by atoms with van der Waals surface area (Å²) in [7, 11) is 0. The highest BCUT2D eigenvalue weighted by Gasteiger charge is 2.38. The molecule has 0 bridgehead atoms. The van der Waals surface area contributed by atoms with Crippen molar-refractivity contribution in [1.29, 1.82) is 0 Å². The highest BCUT2D eigenvalue weighted by molar-refractivity contribution is 8.26. The van der Waals surface area contributed by atoms with E-state index in [4.69, 9.17) is 17.3 Å². The van der Waals surface area contributed by atoms with Crippen LogP contribution >= 0.6 is 24.0 Å². The van der Waals surface area contributed by atoms with E-state index in [0.29, 0.717) is 5.56 Å². The van der Waals surface area contributed by atoms with Gasteiger partial charge in [-0.25, -0.2) is 4.79 Å². The van der Waals surface area contributed by atoms with E-state index in [1.54, 1.807) is 6.07 Å². The van der Waals surface area contributed by atoms with Crippen LogP contribution in [0.15, 0.2) is 29.2 Å². The summed E-state index contributed by atoms with van der Waals surface area (Å²) in [6.45, 7) is 1.36. The molecule has 1 aliphatic rings. The predicted molar refractivity (Wildman–Crippen MR) is 85.2 cm³/mol. The second-order valence-electron chi connectivity index (χ2n) is 4.42. The van der Waals surface area contributed by atoms with Gasteiger partial charge in [-0.2, -0.15) is 0 Å². The van der Waals surface area contributed by atoms with Crippen LogP contribution in [0.3, 0.4) is 0 Å². The van der Waals surface area contributed by atoms with Crippen LogP contribution in [0.4, 0.5) is 5.69 Å². The number of benzene rings is 1. The van der Waals surface area contributed by atoms with Crippen molar-refractivity contribution in [3.05, 3.63) is 44.8 Å². The first-order valence-electron chi connectivity index (χ1n) is 6.05. The first-order chi connectivity index (χ1) is 10.3. The van der Waals surface area contributed by atoms with Gasteiger partial charge in [-0.15, -0.1) is 0 Å². The molecule has 2 rings (SSSR count). The van der Waals surface area contributed by atoms with Crippen molar-refractivity contribution in [3.63, 3.8) is 0 Å². The van der Waals surface area contributed by atoms with Gasteiger partial charge in [0.2, 0.25) is 0 Å². The van der Waals surface area contributed by atoms with Gasteiger partial charge in [0.1, 0.15) is 10.4 Å². The number of nitro groups is 1. The summed E-state index contributed by atoms with van der Waals surface area (Å²) in [5.41, 5.74) is 0.376. The zero-order valence-electron chi connectivity index (χ0n) is 11.3. The minimum Gasteiger partial charge on any atom is -0.480 e. The molecule has 1 aromatic carbocycles. The maximum absolute atomic E-state index is 12.2. The van der Waals surface area contributed by atoms with Crippen molar-refractivity contribution in [1.82, 2.24) is 4.90 Å². The lowest BCUT2D eigenvalue weighted by molar-refractivity contribution is -0.384.